The Kier molecular flexibility index (Phi) is 7.87. The van der Waals surface area contributed by atoms with E-state index in [9.17, 15) is 18.8 Å². The summed E-state index contributed by atoms with van der Waals surface area (Å²) >= 11 is 0. The number of amides is 3. The first-order chi connectivity index (χ1) is 19.4. The molecule has 1 saturated heterocycles. The van der Waals surface area contributed by atoms with Gasteiger partial charge in [0.1, 0.15) is 5.82 Å². The zero-order valence-corrected chi connectivity index (χ0v) is 21.8. The van der Waals surface area contributed by atoms with Gasteiger partial charge in [-0.1, -0.05) is 72.3 Å². The number of cyclic esters (lactones) is 1. The van der Waals surface area contributed by atoms with Crippen LogP contribution in [0.4, 0.5) is 14.9 Å². The van der Waals surface area contributed by atoms with Crippen LogP contribution in [0.25, 0.3) is 0 Å². The smallest absolute Gasteiger partial charge is 0.411 e. The van der Waals surface area contributed by atoms with Gasteiger partial charge in [0.2, 0.25) is 5.91 Å². The SMILES string of the molecule is Cc1ccc(C(=O)Nc2cccc([C@@H]3OC(=O)N(Cc4ccc(F)cc4)[C@H]3C(=O)NCc3ccccc3)c2)cc1. The number of rotatable bonds is 8. The lowest BCUT2D eigenvalue weighted by Gasteiger charge is -2.24. The van der Waals surface area contributed by atoms with Gasteiger partial charge >= 0.3 is 6.09 Å². The minimum atomic E-state index is -0.996. The predicted molar refractivity (Wildman–Crippen MR) is 149 cm³/mol. The Morgan fingerprint density at radius 3 is 2.33 bits per heavy atom. The van der Waals surface area contributed by atoms with Gasteiger partial charge in [0.25, 0.3) is 5.91 Å². The van der Waals surface area contributed by atoms with Gasteiger partial charge in [0, 0.05) is 17.8 Å². The molecule has 0 radical (unpaired) electrons. The molecular formula is C32H28FN3O4. The number of ether oxygens (including phenoxy) is 1. The largest absolute Gasteiger partial charge is 0.438 e. The fourth-order valence-corrected chi connectivity index (χ4v) is 4.59. The molecule has 0 unspecified atom stereocenters. The third-order valence-corrected chi connectivity index (χ3v) is 6.72. The van der Waals surface area contributed by atoms with Crippen LogP contribution in [0.5, 0.6) is 0 Å². The van der Waals surface area contributed by atoms with E-state index in [4.69, 9.17) is 4.74 Å². The molecule has 8 heteroatoms. The van der Waals surface area contributed by atoms with E-state index in [1.54, 1.807) is 48.5 Å². The van der Waals surface area contributed by atoms with E-state index in [0.29, 0.717) is 22.4 Å². The molecule has 3 amide bonds. The zero-order chi connectivity index (χ0) is 28.1. The first-order valence-corrected chi connectivity index (χ1v) is 12.9. The molecule has 0 bridgehead atoms. The van der Waals surface area contributed by atoms with Crippen molar-refractivity contribution in [3.05, 3.63) is 137 Å². The summed E-state index contributed by atoms with van der Waals surface area (Å²) in [6.45, 7) is 2.27. The second-order valence-corrected chi connectivity index (χ2v) is 9.65. The van der Waals surface area contributed by atoms with Crippen molar-refractivity contribution in [2.75, 3.05) is 5.32 Å². The van der Waals surface area contributed by atoms with Crippen molar-refractivity contribution in [3.8, 4) is 0 Å². The highest BCUT2D eigenvalue weighted by Crippen LogP contribution is 2.35. The molecule has 4 aromatic rings. The molecule has 0 aliphatic carbocycles. The Hall–Kier alpha value is -4.98. The summed E-state index contributed by atoms with van der Waals surface area (Å²) in [5, 5.41) is 5.79. The number of aryl methyl sites for hydroxylation is 1. The molecule has 1 heterocycles. The van der Waals surface area contributed by atoms with Crippen LogP contribution in [-0.4, -0.2) is 28.8 Å². The van der Waals surface area contributed by atoms with Crippen LogP contribution in [0, 0.1) is 12.7 Å². The van der Waals surface area contributed by atoms with E-state index in [0.717, 1.165) is 11.1 Å². The van der Waals surface area contributed by atoms with E-state index in [-0.39, 0.29) is 19.0 Å². The first kappa shape index (κ1) is 26.6. The van der Waals surface area contributed by atoms with E-state index in [1.807, 2.05) is 49.4 Å². The lowest BCUT2D eigenvalue weighted by atomic mass is 10.00. The van der Waals surface area contributed by atoms with Gasteiger partial charge in [-0.3, -0.25) is 14.5 Å². The lowest BCUT2D eigenvalue weighted by Crippen LogP contribution is -2.46. The molecule has 40 heavy (non-hydrogen) atoms. The average Bonchev–Trinajstić information content (AvgIpc) is 3.29. The van der Waals surface area contributed by atoms with Crippen LogP contribution < -0.4 is 10.6 Å². The summed E-state index contributed by atoms with van der Waals surface area (Å²) in [6, 6.07) is 28.3. The Morgan fingerprint density at radius 2 is 1.60 bits per heavy atom. The highest BCUT2D eigenvalue weighted by molar-refractivity contribution is 6.04. The summed E-state index contributed by atoms with van der Waals surface area (Å²) in [5.41, 5.74) is 4.16. The molecule has 0 aromatic heterocycles. The molecule has 7 nitrogen and oxygen atoms in total. The Balaban J connectivity index is 1.40. The number of carbonyl (C=O) groups excluding carboxylic acids is 3. The quantitative estimate of drug-likeness (QED) is 0.299. The van der Waals surface area contributed by atoms with Gasteiger partial charge in [0.05, 0.1) is 6.54 Å². The van der Waals surface area contributed by atoms with Crippen molar-refractivity contribution < 1.29 is 23.5 Å². The monoisotopic (exact) mass is 537 g/mol. The van der Waals surface area contributed by atoms with Crippen LogP contribution >= 0.6 is 0 Å². The highest BCUT2D eigenvalue weighted by atomic mass is 19.1. The summed E-state index contributed by atoms with van der Waals surface area (Å²) < 4.78 is 19.2. The average molecular weight is 538 g/mol. The highest BCUT2D eigenvalue weighted by Gasteiger charge is 2.47. The molecule has 4 aromatic carbocycles. The summed E-state index contributed by atoms with van der Waals surface area (Å²) in [5.74, 6) is -1.07. The maximum absolute atomic E-state index is 13.6. The van der Waals surface area contributed by atoms with Gasteiger partial charge in [0.15, 0.2) is 12.1 Å². The Labute approximate surface area is 231 Å². The molecule has 0 saturated carbocycles. The van der Waals surface area contributed by atoms with Crippen LogP contribution in [0.2, 0.25) is 0 Å². The normalized spacial score (nSPS) is 16.4. The maximum Gasteiger partial charge on any atom is 0.411 e. The van der Waals surface area contributed by atoms with E-state index < -0.39 is 30.0 Å². The number of nitrogens with one attached hydrogen (secondary N) is 2. The summed E-state index contributed by atoms with van der Waals surface area (Å²) in [6.07, 6.45) is -1.59. The number of benzene rings is 4. The topological polar surface area (TPSA) is 87.7 Å². The second-order valence-electron chi connectivity index (χ2n) is 9.65. The van der Waals surface area contributed by atoms with Crippen LogP contribution in [0.15, 0.2) is 103 Å². The molecule has 5 rings (SSSR count). The maximum atomic E-state index is 13.6. The van der Waals surface area contributed by atoms with Crippen molar-refractivity contribution in [1.29, 1.82) is 0 Å². The molecule has 0 spiro atoms. The standard InChI is InChI=1S/C32H28FN3O4/c1-21-10-14-24(15-11-21)30(37)35-27-9-5-8-25(18-27)29-28(31(38)34-19-22-6-3-2-4-7-22)36(32(39)40-29)20-23-12-16-26(33)17-13-23/h2-18,28-29H,19-20H2,1H3,(H,34,38)(H,35,37)/t28-,29+/m1/s1. The van der Waals surface area contributed by atoms with Crippen molar-refractivity contribution in [2.24, 2.45) is 0 Å². The fraction of sp³-hybridized carbons (Fsp3) is 0.156. The number of nitrogens with zero attached hydrogens (tertiary/aromatic N) is 1. The van der Waals surface area contributed by atoms with Crippen molar-refractivity contribution in [3.63, 3.8) is 0 Å². The predicted octanol–water partition coefficient (Wildman–Crippen LogP) is 5.76. The third-order valence-electron chi connectivity index (χ3n) is 6.72. The van der Waals surface area contributed by atoms with Gasteiger partial charge < -0.3 is 15.4 Å². The second kappa shape index (κ2) is 11.8. The van der Waals surface area contributed by atoms with Crippen LogP contribution in [-0.2, 0) is 22.6 Å². The third kappa shape index (κ3) is 6.18. The fourth-order valence-electron chi connectivity index (χ4n) is 4.59. The number of carbonyl (C=O) groups is 3. The zero-order valence-electron chi connectivity index (χ0n) is 21.8. The summed E-state index contributed by atoms with van der Waals surface area (Å²) in [4.78, 5) is 40.8. The Morgan fingerprint density at radius 1 is 0.875 bits per heavy atom. The van der Waals surface area contributed by atoms with Crippen molar-refractivity contribution in [2.45, 2.75) is 32.2 Å². The molecule has 1 aliphatic rings. The lowest BCUT2D eigenvalue weighted by molar-refractivity contribution is -0.126. The number of anilines is 1. The summed E-state index contributed by atoms with van der Waals surface area (Å²) in [7, 11) is 0. The van der Waals surface area contributed by atoms with Gasteiger partial charge in [-0.05, 0) is 60.0 Å². The van der Waals surface area contributed by atoms with Gasteiger partial charge in [-0.2, -0.15) is 0 Å². The molecule has 202 valence electrons. The minimum absolute atomic E-state index is 0.0584. The molecule has 2 N–H and O–H groups in total. The first-order valence-electron chi connectivity index (χ1n) is 12.9. The molecule has 1 fully saturated rings. The van der Waals surface area contributed by atoms with E-state index in [2.05, 4.69) is 10.6 Å². The van der Waals surface area contributed by atoms with Crippen molar-refractivity contribution >= 4 is 23.6 Å². The number of hydrogen-bond donors (Lipinski definition) is 2. The minimum Gasteiger partial charge on any atom is -0.438 e. The number of hydrogen-bond acceptors (Lipinski definition) is 4. The van der Waals surface area contributed by atoms with Gasteiger partial charge in [-0.15, -0.1) is 0 Å². The van der Waals surface area contributed by atoms with Crippen molar-refractivity contribution in [1.82, 2.24) is 10.2 Å². The van der Waals surface area contributed by atoms with Gasteiger partial charge in [-0.25, -0.2) is 9.18 Å². The van der Waals surface area contributed by atoms with E-state index >= 15 is 0 Å². The Bertz CT molecular complexity index is 1510. The van der Waals surface area contributed by atoms with Crippen LogP contribution in [0.3, 0.4) is 0 Å². The molecular weight excluding hydrogens is 509 g/mol. The molecule has 1 aliphatic heterocycles. The number of halogens is 1. The van der Waals surface area contributed by atoms with Crippen LogP contribution in [0.1, 0.15) is 38.7 Å². The van der Waals surface area contributed by atoms with E-state index in [1.165, 1.54) is 17.0 Å². The molecule has 2 atom stereocenters.